The first kappa shape index (κ1) is 13.0. The number of para-hydroxylation sites is 1. The molecule has 16 heavy (non-hydrogen) atoms. The Labute approximate surface area is 98.4 Å². The molecule has 0 saturated heterocycles. The van der Waals surface area contributed by atoms with Crippen LogP contribution in [-0.2, 0) is 6.54 Å². The van der Waals surface area contributed by atoms with E-state index in [0.717, 1.165) is 25.4 Å². The SMILES string of the molecule is CNCCCN(C)Cc1ccccc1OC. The molecule has 1 aromatic carbocycles. The molecule has 0 bridgehead atoms. The van der Waals surface area contributed by atoms with Crippen LogP contribution in [0.3, 0.4) is 0 Å². The average Bonchev–Trinajstić information content (AvgIpc) is 2.30. The van der Waals surface area contributed by atoms with E-state index in [-0.39, 0.29) is 0 Å². The number of nitrogens with one attached hydrogen (secondary N) is 1. The summed E-state index contributed by atoms with van der Waals surface area (Å²) in [5.41, 5.74) is 1.25. The Balaban J connectivity index is 2.45. The number of rotatable bonds is 7. The lowest BCUT2D eigenvalue weighted by atomic mass is 10.2. The lowest BCUT2D eigenvalue weighted by Crippen LogP contribution is -2.22. The summed E-state index contributed by atoms with van der Waals surface area (Å²) >= 11 is 0. The first-order valence-electron chi connectivity index (χ1n) is 5.73. The number of hydrogen-bond donors (Lipinski definition) is 1. The second kappa shape index (κ2) is 7.25. The van der Waals surface area contributed by atoms with Crippen LogP contribution in [0.15, 0.2) is 24.3 Å². The lowest BCUT2D eigenvalue weighted by Gasteiger charge is -2.18. The van der Waals surface area contributed by atoms with Crippen LogP contribution in [0.4, 0.5) is 0 Å². The molecule has 3 heteroatoms. The third kappa shape index (κ3) is 4.21. The van der Waals surface area contributed by atoms with Crippen molar-refractivity contribution in [3.63, 3.8) is 0 Å². The van der Waals surface area contributed by atoms with Gasteiger partial charge in [0.25, 0.3) is 0 Å². The molecule has 1 rings (SSSR count). The maximum Gasteiger partial charge on any atom is 0.123 e. The highest BCUT2D eigenvalue weighted by atomic mass is 16.5. The fourth-order valence-electron chi connectivity index (χ4n) is 1.73. The van der Waals surface area contributed by atoms with Crippen molar-refractivity contribution in [3.05, 3.63) is 29.8 Å². The molecule has 0 atom stereocenters. The number of nitrogens with zero attached hydrogens (tertiary/aromatic N) is 1. The monoisotopic (exact) mass is 222 g/mol. The van der Waals surface area contributed by atoms with E-state index < -0.39 is 0 Å². The van der Waals surface area contributed by atoms with Gasteiger partial charge in [0.15, 0.2) is 0 Å². The zero-order valence-electron chi connectivity index (χ0n) is 10.5. The third-order valence-corrected chi connectivity index (χ3v) is 2.60. The van der Waals surface area contributed by atoms with Gasteiger partial charge in [-0.25, -0.2) is 0 Å². The van der Waals surface area contributed by atoms with E-state index in [1.165, 1.54) is 12.0 Å². The number of hydrogen-bond acceptors (Lipinski definition) is 3. The minimum absolute atomic E-state index is 0.938. The van der Waals surface area contributed by atoms with Crippen LogP contribution in [0, 0.1) is 0 Å². The Hall–Kier alpha value is -1.06. The average molecular weight is 222 g/mol. The molecule has 1 aromatic rings. The Morgan fingerprint density at radius 2 is 2.06 bits per heavy atom. The summed E-state index contributed by atoms with van der Waals surface area (Å²) in [6.07, 6.45) is 1.17. The van der Waals surface area contributed by atoms with Gasteiger partial charge in [-0.15, -0.1) is 0 Å². The smallest absolute Gasteiger partial charge is 0.123 e. The molecule has 0 unspecified atom stereocenters. The largest absolute Gasteiger partial charge is 0.496 e. The standard InChI is InChI=1S/C13H22N2O/c1-14-9-6-10-15(2)11-12-7-4-5-8-13(12)16-3/h4-5,7-8,14H,6,9-11H2,1-3H3. The van der Waals surface area contributed by atoms with E-state index in [2.05, 4.69) is 29.4 Å². The van der Waals surface area contributed by atoms with E-state index in [9.17, 15) is 0 Å². The predicted molar refractivity (Wildman–Crippen MR) is 67.9 cm³/mol. The zero-order valence-corrected chi connectivity index (χ0v) is 10.5. The Bertz CT molecular complexity index is 302. The summed E-state index contributed by atoms with van der Waals surface area (Å²) in [5.74, 6) is 0.975. The fourth-order valence-corrected chi connectivity index (χ4v) is 1.73. The maximum absolute atomic E-state index is 5.33. The second-order valence-electron chi connectivity index (χ2n) is 4.01. The molecule has 90 valence electrons. The van der Waals surface area contributed by atoms with Crippen LogP contribution in [0.5, 0.6) is 5.75 Å². The van der Waals surface area contributed by atoms with Gasteiger partial charge in [-0.3, -0.25) is 0 Å². The molecule has 0 heterocycles. The maximum atomic E-state index is 5.33. The summed E-state index contributed by atoms with van der Waals surface area (Å²) in [7, 11) is 5.85. The molecule has 0 aliphatic carbocycles. The van der Waals surface area contributed by atoms with Crippen molar-refractivity contribution in [1.82, 2.24) is 10.2 Å². The highest BCUT2D eigenvalue weighted by Gasteiger charge is 2.04. The Morgan fingerprint density at radius 1 is 1.31 bits per heavy atom. The van der Waals surface area contributed by atoms with Crippen molar-refractivity contribution < 1.29 is 4.74 Å². The Kier molecular flexibility index (Phi) is 5.90. The van der Waals surface area contributed by atoms with Crippen molar-refractivity contribution in [2.45, 2.75) is 13.0 Å². The van der Waals surface area contributed by atoms with Gasteiger partial charge in [0.1, 0.15) is 5.75 Å². The minimum Gasteiger partial charge on any atom is -0.496 e. The topological polar surface area (TPSA) is 24.5 Å². The normalized spacial score (nSPS) is 10.8. The van der Waals surface area contributed by atoms with Crippen LogP contribution in [0.25, 0.3) is 0 Å². The third-order valence-electron chi connectivity index (χ3n) is 2.60. The van der Waals surface area contributed by atoms with E-state index in [0.29, 0.717) is 0 Å². The molecule has 3 nitrogen and oxygen atoms in total. The zero-order chi connectivity index (χ0) is 11.8. The van der Waals surface area contributed by atoms with Gasteiger partial charge in [0, 0.05) is 12.1 Å². The summed E-state index contributed by atoms with van der Waals surface area (Å²) < 4.78 is 5.33. The highest BCUT2D eigenvalue weighted by molar-refractivity contribution is 5.32. The van der Waals surface area contributed by atoms with Gasteiger partial charge in [-0.05, 0) is 39.7 Å². The van der Waals surface area contributed by atoms with Crippen molar-refractivity contribution in [1.29, 1.82) is 0 Å². The number of methoxy groups -OCH3 is 1. The molecule has 0 saturated carbocycles. The van der Waals surface area contributed by atoms with Crippen LogP contribution in [0.2, 0.25) is 0 Å². The quantitative estimate of drug-likeness (QED) is 0.711. The number of ether oxygens (including phenoxy) is 1. The van der Waals surface area contributed by atoms with Gasteiger partial charge in [0.2, 0.25) is 0 Å². The van der Waals surface area contributed by atoms with Crippen molar-refractivity contribution >= 4 is 0 Å². The summed E-state index contributed by atoms with van der Waals surface area (Å²) in [6.45, 7) is 3.10. The molecular formula is C13H22N2O. The molecular weight excluding hydrogens is 200 g/mol. The minimum atomic E-state index is 0.938. The van der Waals surface area contributed by atoms with E-state index in [4.69, 9.17) is 4.74 Å². The van der Waals surface area contributed by atoms with Crippen molar-refractivity contribution in [3.8, 4) is 5.75 Å². The molecule has 0 amide bonds. The van der Waals surface area contributed by atoms with Crippen LogP contribution in [0.1, 0.15) is 12.0 Å². The second-order valence-corrected chi connectivity index (χ2v) is 4.01. The van der Waals surface area contributed by atoms with Crippen molar-refractivity contribution in [2.24, 2.45) is 0 Å². The predicted octanol–water partition coefficient (Wildman–Crippen LogP) is 1.74. The fraction of sp³-hybridized carbons (Fsp3) is 0.538. The van der Waals surface area contributed by atoms with Gasteiger partial charge in [-0.1, -0.05) is 18.2 Å². The Morgan fingerprint density at radius 3 is 2.75 bits per heavy atom. The van der Waals surface area contributed by atoms with E-state index in [1.807, 2.05) is 19.2 Å². The van der Waals surface area contributed by atoms with E-state index >= 15 is 0 Å². The van der Waals surface area contributed by atoms with Crippen LogP contribution in [-0.4, -0.2) is 39.2 Å². The first-order valence-corrected chi connectivity index (χ1v) is 5.73. The summed E-state index contributed by atoms with van der Waals surface area (Å²) in [4.78, 5) is 2.31. The van der Waals surface area contributed by atoms with Gasteiger partial charge < -0.3 is 15.0 Å². The summed E-state index contributed by atoms with van der Waals surface area (Å²) in [6, 6.07) is 8.19. The lowest BCUT2D eigenvalue weighted by molar-refractivity contribution is 0.312. The molecule has 0 aliphatic heterocycles. The molecule has 1 N–H and O–H groups in total. The van der Waals surface area contributed by atoms with Crippen LogP contribution >= 0.6 is 0 Å². The highest BCUT2D eigenvalue weighted by Crippen LogP contribution is 2.18. The molecule has 0 spiro atoms. The molecule has 0 aromatic heterocycles. The van der Waals surface area contributed by atoms with Gasteiger partial charge in [0.05, 0.1) is 7.11 Å². The molecule has 0 fully saturated rings. The van der Waals surface area contributed by atoms with Crippen LogP contribution < -0.4 is 10.1 Å². The van der Waals surface area contributed by atoms with Crippen molar-refractivity contribution in [2.75, 3.05) is 34.3 Å². The molecule has 0 aliphatic rings. The van der Waals surface area contributed by atoms with Gasteiger partial charge in [-0.2, -0.15) is 0 Å². The van der Waals surface area contributed by atoms with Gasteiger partial charge >= 0.3 is 0 Å². The summed E-state index contributed by atoms with van der Waals surface area (Å²) in [5, 5.41) is 3.16. The number of benzene rings is 1. The first-order chi connectivity index (χ1) is 7.77. The van der Waals surface area contributed by atoms with E-state index in [1.54, 1.807) is 7.11 Å². The molecule has 0 radical (unpaired) electrons.